The summed E-state index contributed by atoms with van der Waals surface area (Å²) in [6, 6.07) is 3.33. The molecule has 6 heteroatoms. The molecule has 18 heavy (non-hydrogen) atoms. The molecule has 0 bridgehead atoms. The van der Waals surface area contributed by atoms with E-state index in [0.29, 0.717) is 30.5 Å². The molecule has 0 unspecified atom stereocenters. The average molecular weight is 268 g/mol. The molecule has 1 saturated heterocycles. The molecule has 2 heterocycles. The number of hydrogen-bond acceptors (Lipinski definition) is 3. The van der Waals surface area contributed by atoms with Crippen LogP contribution in [0.4, 0.5) is 4.79 Å². The second kappa shape index (κ2) is 5.73. The van der Waals surface area contributed by atoms with Crippen molar-refractivity contribution in [3.63, 3.8) is 0 Å². The minimum absolute atomic E-state index is 0.00634. The molecule has 0 radical (unpaired) electrons. The van der Waals surface area contributed by atoms with Crippen molar-refractivity contribution in [3.8, 4) is 5.88 Å². The molecule has 96 valence electrons. The Bertz CT molecular complexity index is 429. The number of nitrogens with one attached hydrogen (secondary N) is 1. The summed E-state index contributed by atoms with van der Waals surface area (Å²) in [5.74, 6) is 0.524. The van der Waals surface area contributed by atoms with Crippen molar-refractivity contribution in [2.75, 3.05) is 19.6 Å². The third-order valence-corrected chi connectivity index (χ3v) is 2.74. The number of halogens is 1. The number of carbonyl (C=O) groups is 1. The fourth-order valence-corrected chi connectivity index (χ4v) is 1.66. The van der Waals surface area contributed by atoms with Gasteiger partial charge in [-0.2, -0.15) is 0 Å². The van der Waals surface area contributed by atoms with Crippen molar-refractivity contribution in [2.45, 2.75) is 6.10 Å². The number of rotatable bonds is 4. The smallest absolute Gasteiger partial charge is 0.317 e. The summed E-state index contributed by atoms with van der Waals surface area (Å²) in [6.07, 6.45) is 3.17. The second-order valence-corrected chi connectivity index (χ2v) is 4.37. The maximum absolute atomic E-state index is 11.5. The molecule has 1 aliphatic rings. The predicted octanol–water partition coefficient (Wildman–Crippen LogP) is 1.69. The van der Waals surface area contributed by atoms with Gasteiger partial charge in [0.2, 0.25) is 5.88 Å². The van der Waals surface area contributed by atoms with Crippen molar-refractivity contribution in [3.05, 3.63) is 36.0 Å². The number of pyridine rings is 1. The van der Waals surface area contributed by atoms with Gasteiger partial charge in [-0.1, -0.05) is 17.7 Å². The van der Waals surface area contributed by atoms with Crippen LogP contribution in [0.25, 0.3) is 0 Å². The van der Waals surface area contributed by atoms with E-state index in [1.54, 1.807) is 23.1 Å². The zero-order valence-electron chi connectivity index (χ0n) is 9.80. The summed E-state index contributed by atoms with van der Waals surface area (Å²) >= 11 is 5.72. The third-order valence-electron chi connectivity index (χ3n) is 2.52. The predicted molar refractivity (Wildman–Crippen MR) is 68.8 cm³/mol. The Morgan fingerprint density at radius 2 is 2.44 bits per heavy atom. The van der Waals surface area contributed by atoms with Crippen LogP contribution in [-0.2, 0) is 0 Å². The first-order chi connectivity index (χ1) is 8.69. The Labute approximate surface area is 110 Å². The largest absolute Gasteiger partial charge is 0.471 e. The lowest BCUT2D eigenvalue weighted by molar-refractivity contribution is 0.0417. The molecule has 2 rings (SSSR count). The molecule has 0 saturated carbocycles. The normalized spacial score (nSPS) is 14.8. The lowest BCUT2D eigenvalue weighted by Crippen LogP contribution is -2.58. The van der Waals surface area contributed by atoms with Gasteiger partial charge in [-0.05, 0) is 6.07 Å². The number of nitrogens with zero attached hydrogens (tertiary/aromatic N) is 2. The first-order valence-electron chi connectivity index (χ1n) is 5.61. The lowest BCUT2D eigenvalue weighted by atomic mass is 10.2. The summed E-state index contributed by atoms with van der Waals surface area (Å²) in [7, 11) is 0. The second-order valence-electron chi connectivity index (χ2n) is 3.93. The fourth-order valence-electron chi connectivity index (χ4n) is 1.55. The van der Waals surface area contributed by atoms with E-state index in [0.717, 1.165) is 0 Å². The molecule has 2 amide bonds. The van der Waals surface area contributed by atoms with Crippen LogP contribution in [0.2, 0.25) is 5.02 Å². The summed E-state index contributed by atoms with van der Waals surface area (Å²) in [5, 5.41) is 3.28. The minimum atomic E-state index is -0.0983. The van der Waals surface area contributed by atoms with Crippen LogP contribution >= 0.6 is 11.6 Å². The van der Waals surface area contributed by atoms with Gasteiger partial charge in [-0.15, -0.1) is 6.58 Å². The van der Waals surface area contributed by atoms with E-state index in [4.69, 9.17) is 16.3 Å². The number of amides is 2. The highest BCUT2D eigenvalue weighted by Gasteiger charge is 2.32. The van der Waals surface area contributed by atoms with Gasteiger partial charge >= 0.3 is 6.03 Å². The third kappa shape index (κ3) is 3.13. The molecular weight excluding hydrogens is 254 g/mol. The molecule has 1 aromatic rings. The molecular formula is C12H14ClN3O2. The van der Waals surface area contributed by atoms with Gasteiger partial charge in [0.15, 0.2) is 0 Å². The van der Waals surface area contributed by atoms with Crippen LogP contribution < -0.4 is 10.1 Å². The highest BCUT2D eigenvalue weighted by molar-refractivity contribution is 6.30. The first-order valence-corrected chi connectivity index (χ1v) is 5.98. The lowest BCUT2D eigenvalue weighted by Gasteiger charge is -2.38. The first kappa shape index (κ1) is 12.7. The van der Waals surface area contributed by atoms with Crippen molar-refractivity contribution in [2.24, 2.45) is 0 Å². The molecule has 1 aromatic heterocycles. The average Bonchev–Trinajstić information content (AvgIpc) is 2.32. The summed E-state index contributed by atoms with van der Waals surface area (Å²) in [4.78, 5) is 17.2. The van der Waals surface area contributed by atoms with Gasteiger partial charge in [0, 0.05) is 18.8 Å². The zero-order valence-corrected chi connectivity index (χ0v) is 10.6. The van der Waals surface area contributed by atoms with E-state index in [-0.39, 0.29) is 12.1 Å². The number of carbonyl (C=O) groups excluding carboxylic acids is 1. The maximum Gasteiger partial charge on any atom is 0.317 e. The SMILES string of the molecule is C=CCNC(=O)N1CC(Oc2ccc(Cl)cn2)C1. The molecule has 0 atom stereocenters. The Morgan fingerprint density at radius 1 is 1.67 bits per heavy atom. The van der Waals surface area contributed by atoms with Crippen LogP contribution in [0, 0.1) is 0 Å². The van der Waals surface area contributed by atoms with Crippen molar-refractivity contribution < 1.29 is 9.53 Å². The Morgan fingerprint density at radius 3 is 3.06 bits per heavy atom. The molecule has 1 N–H and O–H groups in total. The van der Waals surface area contributed by atoms with Crippen molar-refractivity contribution in [1.82, 2.24) is 15.2 Å². The van der Waals surface area contributed by atoms with Crippen LogP contribution in [0.15, 0.2) is 31.0 Å². The number of aromatic nitrogens is 1. The van der Waals surface area contributed by atoms with Crippen LogP contribution in [0.3, 0.4) is 0 Å². The van der Waals surface area contributed by atoms with Gasteiger partial charge in [0.1, 0.15) is 6.10 Å². The topological polar surface area (TPSA) is 54.5 Å². The Kier molecular flexibility index (Phi) is 4.04. The summed E-state index contributed by atoms with van der Waals surface area (Å²) in [6.45, 7) is 5.13. The van der Waals surface area contributed by atoms with E-state index in [9.17, 15) is 4.79 Å². The number of ether oxygens (including phenoxy) is 1. The molecule has 0 spiro atoms. The van der Waals surface area contributed by atoms with E-state index in [2.05, 4.69) is 16.9 Å². The quantitative estimate of drug-likeness (QED) is 0.845. The van der Waals surface area contributed by atoms with Crippen molar-refractivity contribution >= 4 is 17.6 Å². The number of urea groups is 1. The van der Waals surface area contributed by atoms with E-state index >= 15 is 0 Å². The van der Waals surface area contributed by atoms with Gasteiger partial charge in [0.25, 0.3) is 0 Å². The molecule has 5 nitrogen and oxygen atoms in total. The molecule has 1 aliphatic heterocycles. The summed E-state index contributed by atoms with van der Waals surface area (Å²) < 4.78 is 5.58. The Hall–Kier alpha value is -1.75. The van der Waals surface area contributed by atoms with Crippen LogP contribution in [0.1, 0.15) is 0 Å². The minimum Gasteiger partial charge on any atom is -0.471 e. The number of hydrogen-bond donors (Lipinski definition) is 1. The van der Waals surface area contributed by atoms with E-state index < -0.39 is 0 Å². The van der Waals surface area contributed by atoms with E-state index in [1.807, 2.05) is 0 Å². The van der Waals surface area contributed by atoms with Gasteiger partial charge < -0.3 is 15.0 Å². The highest BCUT2D eigenvalue weighted by atomic mass is 35.5. The molecule has 1 fully saturated rings. The van der Waals surface area contributed by atoms with Gasteiger partial charge in [-0.25, -0.2) is 9.78 Å². The van der Waals surface area contributed by atoms with E-state index in [1.165, 1.54) is 6.20 Å². The van der Waals surface area contributed by atoms with Gasteiger partial charge in [0.05, 0.1) is 18.1 Å². The number of likely N-dealkylation sites (tertiary alicyclic amines) is 1. The Balaban J connectivity index is 1.74. The zero-order chi connectivity index (χ0) is 13.0. The highest BCUT2D eigenvalue weighted by Crippen LogP contribution is 2.17. The van der Waals surface area contributed by atoms with Crippen LogP contribution in [0.5, 0.6) is 5.88 Å². The fraction of sp³-hybridized carbons (Fsp3) is 0.333. The standard InChI is InChI=1S/C12H14ClN3O2/c1-2-5-14-12(17)16-7-10(8-16)18-11-4-3-9(13)6-15-11/h2-4,6,10H,1,5,7-8H2,(H,14,17). The van der Waals surface area contributed by atoms with Gasteiger partial charge in [-0.3, -0.25) is 0 Å². The summed E-state index contributed by atoms with van der Waals surface area (Å²) in [5.41, 5.74) is 0. The molecule has 0 aromatic carbocycles. The van der Waals surface area contributed by atoms with Crippen molar-refractivity contribution in [1.29, 1.82) is 0 Å². The van der Waals surface area contributed by atoms with Crippen LogP contribution in [-0.4, -0.2) is 41.7 Å². The maximum atomic E-state index is 11.5. The monoisotopic (exact) mass is 267 g/mol. The molecule has 0 aliphatic carbocycles.